The highest BCUT2D eigenvalue weighted by Crippen LogP contribution is 2.27. The van der Waals surface area contributed by atoms with E-state index in [2.05, 4.69) is 41.1 Å². The molecular formula is C24H22ClN3OS. The molecule has 0 saturated carbocycles. The van der Waals surface area contributed by atoms with Gasteiger partial charge in [0.05, 0.1) is 23.3 Å². The normalized spacial score (nSPS) is 11.0. The SMILES string of the molecule is Cc1ccccc1Cn1c(SCC(=O)Nc2cccc(Cl)c2C)nc2ccccc21. The first-order valence-corrected chi connectivity index (χ1v) is 11.1. The first-order valence-electron chi connectivity index (χ1n) is 9.70. The number of rotatable bonds is 6. The van der Waals surface area contributed by atoms with Gasteiger partial charge in [-0.1, -0.05) is 65.8 Å². The molecule has 30 heavy (non-hydrogen) atoms. The fourth-order valence-corrected chi connectivity index (χ4v) is 4.32. The molecule has 0 aliphatic rings. The van der Waals surface area contributed by atoms with Crippen molar-refractivity contribution in [1.29, 1.82) is 0 Å². The van der Waals surface area contributed by atoms with E-state index in [9.17, 15) is 4.79 Å². The molecule has 1 N–H and O–H groups in total. The van der Waals surface area contributed by atoms with Gasteiger partial charge >= 0.3 is 0 Å². The zero-order valence-corrected chi connectivity index (χ0v) is 18.4. The molecule has 0 fully saturated rings. The highest BCUT2D eigenvalue weighted by molar-refractivity contribution is 7.99. The number of hydrogen-bond acceptors (Lipinski definition) is 3. The van der Waals surface area contributed by atoms with Gasteiger partial charge in [0.25, 0.3) is 0 Å². The van der Waals surface area contributed by atoms with Crippen molar-refractivity contribution in [1.82, 2.24) is 9.55 Å². The van der Waals surface area contributed by atoms with Crippen molar-refractivity contribution in [2.24, 2.45) is 0 Å². The molecule has 0 aliphatic heterocycles. The largest absolute Gasteiger partial charge is 0.325 e. The predicted octanol–water partition coefficient (Wildman–Crippen LogP) is 6.09. The number of aryl methyl sites for hydroxylation is 1. The van der Waals surface area contributed by atoms with Crippen molar-refractivity contribution in [3.05, 3.63) is 88.4 Å². The maximum Gasteiger partial charge on any atom is 0.234 e. The van der Waals surface area contributed by atoms with Crippen LogP contribution in [0.1, 0.15) is 16.7 Å². The van der Waals surface area contributed by atoms with Crippen LogP contribution in [0, 0.1) is 13.8 Å². The number of carbonyl (C=O) groups is 1. The van der Waals surface area contributed by atoms with Gasteiger partial charge in [0.1, 0.15) is 0 Å². The molecule has 0 unspecified atom stereocenters. The second-order valence-electron chi connectivity index (χ2n) is 7.14. The van der Waals surface area contributed by atoms with Gasteiger partial charge in [0, 0.05) is 10.7 Å². The molecule has 0 bridgehead atoms. The zero-order valence-electron chi connectivity index (χ0n) is 16.9. The van der Waals surface area contributed by atoms with Crippen molar-refractivity contribution in [3.8, 4) is 0 Å². The second-order valence-corrected chi connectivity index (χ2v) is 8.49. The Hall–Kier alpha value is -2.76. The lowest BCUT2D eigenvalue weighted by Crippen LogP contribution is -2.15. The van der Waals surface area contributed by atoms with Crippen molar-refractivity contribution >= 4 is 46.0 Å². The zero-order chi connectivity index (χ0) is 21.1. The lowest BCUT2D eigenvalue weighted by Gasteiger charge is -2.12. The first kappa shape index (κ1) is 20.5. The number of fused-ring (bicyclic) bond motifs is 1. The Bertz CT molecular complexity index is 1220. The number of amides is 1. The molecule has 1 aromatic heterocycles. The Morgan fingerprint density at radius 3 is 2.63 bits per heavy atom. The number of nitrogens with zero attached hydrogens (tertiary/aromatic N) is 2. The van der Waals surface area contributed by atoms with Crippen molar-refractivity contribution < 1.29 is 4.79 Å². The Morgan fingerprint density at radius 1 is 1.03 bits per heavy atom. The van der Waals surface area contributed by atoms with E-state index in [1.54, 1.807) is 0 Å². The molecule has 6 heteroatoms. The van der Waals surface area contributed by atoms with Gasteiger partial charge in [-0.2, -0.15) is 0 Å². The van der Waals surface area contributed by atoms with Gasteiger partial charge in [-0.05, 0) is 54.8 Å². The minimum absolute atomic E-state index is 0.0835. The van der Waals surface area contributed by atoms with Gasteiger partial charge in [0.15, 0.2) is 5.16 Å². The van der Waals surface area contributed by atoms with Gasteiger partial charge in [-0.15, -0.1) is 0 Å². The van der Waals surface area contributed by atoms with Crippen LogP contribution in [-0.4, -0.2) is 21.2 Å². The average molecular weight is 436 g/mol. The summed E-state index contributed by atoms with van der Waals surface area (Å²) in [5.74, 6) is 0.183. The summed E-state index contributed by atoms with van der Waals surface area (Å²) in [6.07, 6.45) is 0. The molecule has 152 valence electrons. The summed E-state index contributed by atoms with van der Waals surface area (Å²) in [6, 6.07) is 21.9. The summed E-state index contributed by atoms with van der Waals surface area (Å²) in [6.45, 7) is 4.72. The van der Waals surface area contributed by atoms with Crippen LogP contribution in [-0.2, 0) is 11.3 Å². The van der Waals surface area contributed by atoms with E-state index in [1.165, 1.54) is 22.9 Å². The number of thioether (sulfide) groups is 1. The summed E-state index contributed by atoms with van der Waals surface area (Å²) in [5, 5.41) is 4.42. The molecule has 1 heterocycles. The van der Waals surface area contributed by atoms with E-state index in [4.69, 9.17) is 16.6 Å². The molecular weight excluding hydrogens is 414 g/mol. The standard InChI is InChI=1S/C24H22ClN3OS/c1-16-8-3-4-9-18(16)14-28-22-13-6-5-11-21(22)27-24(28)30-15-23(29)26-20-12-7-10-19(25)17(20)2/h3-13H,14-15H2,1-2H3,(H,26,29). The first-order chi connectivity index (χ1) is 14.5. The summed E-state index contributed by atoms with van der Waals surface area (Å²) in [7, 11) is 0. The number of anilines is 1. The Labute approximate surface area is 185 Å². The van der Waals surface area contributed by atoms with Crippen molar-refractivity contribution in [3.63, 3.8) is 0 Å². The summed E-state index contributed by atoms with van der Waals surface area (Å²) < 4.78 is 2.18. The number of aromatic nitrogens is 2. The van der Waals surface area contributed by atoms with Crippen LogP contribution in [0.4, 0.5) is 5.69 Å². The van der Waals surface area contributed by atoms with Crippen LogP contribution in [0.15, 0.2) is 71.9 Å². The number of carbonyl (C=O) groups excluding carboxylic acids is 1. The quantitative estimate of drug-likeness (QED) is 0.373. The summed E-state index contributed by atoms with van der Waals surface area (Å²) >= 11 is 7.60. The van der Waals surface area contributed by atoms with Crippen LogP contribution in [0.25, 0.3) is 11.0 Å². The third-order valence-electron chi connectivity index (χ3n) is 5.08. The minimum atomic E-state index is -0.0835. The van der Waals surface area contributed by atoms with E-state index >= 15 is 0 Å². The molecule has 4 rings (SSSR count). The Kier molecular flexibility index (Phi) is 6.11. The van der Waals surface area contributed by atoms with E-state index in [-0.39, 0.29) is 11.7 Å². The maximum atomic E-state index is 12.6. The van der Waals surface area contributed by atoms with E-state index < -0.39 is 0 Å². The highest BCUT2D eigenvalue weighted by atomic mass is 35.5. The topological polar surface area (TPSA) is 46.9 Å². The van der Waals surface area contributed by atoms with Crippen LogP contribution in [0.5, 0.6) is 0 Å². The highest BCUT2D eigenvalue weighted by Gasteiger charge is 2.15. The van der Waals surface area contributed by atoms with Crippen LogP contribution in [0.2, 0.25) is 5.02 Å². The molecule has 0 aliphatic carbocycles. The van der Waals surface area contributed by atoms with Crippen molar-refractivity contribution in [2.45, 2.75) is 25.5 Å². The van der Waals surface area contributed by atoms with Gasteiger partial charge in [0.2, 0.25) is 5.91 Å². The van der Waals surface area contributed by atoms with E-state index in [0.717, 1.165) is 27.4 Å². The summed E-state index contributed by atoms with van der Waals surface area (Å²) in [4.78, 5) is 17.4. The number of nitrogens with one attached hydrogen (secondary N) is 1. The Balaban J connectivity index is 1.56. The predicted molar refractivity (Wildman–Crippen MR) is 126 cm³/mol. The molecule has 4 nitrogen and oxygen atoms in total. The van der Waals surface area contributed by atoms with E-state index in [1.807, 2.05) is 49.4 Å². The third-order valence-corrected chi connectivity index (χ3v) is 6.47. The molecule has 0 saturated heterocycles. The van der Waals surface area contributed by atoms with Crippen molar-refractivity contribution in [2.75, 3.05) is 11.1 Å². The molecule has 0 radical (unpaired) electrons. The minimum Gasteiger partial charge on any atom is -0.325 e. The van der Waals surface area contributed by atoms with Crippen LogP contribution in [0.3, 0.4) is 0 Å². The van der Waals surface area contributed by atoms with Crippen LogP contribution < -0.4 is 5.32 Å². The number of para-hydroxylation sites is 2. The smallest absolute Gasteiger partial charge is 0.234 e. The van der Waals surface area contributed by atoms with E-state index in [0.29, 0.717) is 11.6 Å². The number of benzene rings is 3. The fourth-order valence-electron chi connectivity index (χ4n) is 3.33. The molecule has 3 aromatic carbocycles. The molecule has 4 aromatic rings. The third kappa shape index (κ3) is 4.37. The van der Waals surface area contributed by atoms with Gasteiger partial charge in [-0.25, -0.2) is 4.98 Å². The Morgan fingerprint density at radius 2 is 1.80 bits per heavy atom. The van der Waals surface area contributed by atoms with Gasteiger partial charge in [-0.3, -0.25) is 4.79 Å². The molecule has 1 amide bonds. The lowest BCUT2D eigenvalue weighted by atomic mass is 10.1. The fraction of sp³-hybridized carbons (Fsp3) is 0.167. The monoisotopic (exact) mass is 435 g/mol. The molecule has 0 atom stereocenters. The molecule has 0 spiro atoms. The van der Waals surface area contributed by atoms with Crippen LogP contribution >= 0.6 is 23.4 Å². The number of halogens is 1. The second kappa shape index (κ2) is 8.94. The van der Waals surface area contributed by atoms with Gasteiger partial charge < -0.3 is 9.88 Å². The number of imidazole rings is 1. The average Bonchev–Trinajstić information content (AvgIpc) is 3.09. The lowest BCUT2D eigenvalue weighted by molar-refractivity contribution is -0.113. The number of hydrogen-bond donors (Lipinski definition) is 1. The summed E-state index contributed by atoms with van der Waals surface area (Å²) in [5.41, 5.74) is 6.07. The maximum absolute atomic E-state index is 12.6.